The van der Waals surface area contributed by atoms with Crippen LogP contribution in [0.25, 0.3) is 0 Å². The lowest BCUT2D eigenvalue weighted by Crippen LogP contribution is -2.40. The molecule has 2 aromatic rings. The van der Waals surface area contributed by atoms with E-state index < -0.39 is 0 Å². The number of nitrogens with one attached hydrogen (secondary N) is 1. The number of hydrogen-bond donors (Lipinski definition) is 1. The first-order chi connectivity index (χ1) is 14.2. The number of ether oxygens (including phenoxy) is 2. The van der Waals surface area contributed by atoms with Crippen molar-refractivity contribution in [2.75, 3.05) is 40.5 Å². The van der Waals surface area contributed by atoms with Crippen LogP contribution < -0.4 is 10.1 Å². The summed E-state index contributed by atoms with van der Waals surface area (Å²) in [6, 6.07) is 8.06. The van der Waals surface area contributed by atoms with Crippen LogP contribution in [0.1, 0.15) is 31.7 Å². The van der Waals surface area contributed by atoms with Gasteiger partial charge in [0.15, 0.2) is 5.96 Å². The number of methoxy groups -OCH3 is 1. The van der Waals surface area contributed by atoms with Crippen LogP contribution in [0.15, 0.2) is 35.6 Å². The Morgan fingerprint density at radius 3 is 2.86 bits per heavy atom. The van der Waals surface area contributed by atoms with E-state index in [0.717, 1.165) is 62.2 Å². The molecule has 8 nitrogen and oxygen atoms in total. The Bertz CT molecular complexity index is 746. The van der Waals surface area contributed by atoms with Gasteiger partial charge in [-0.25, -0.2) is 0 Å². The Hall–Kier alpha value is -2.61. The van der Waals surface area contributed by atoms with E-state index in [0.29, 0.717) is 13.1 Å². The van der Waals surface area contributed by atoms with Gasteiger partial charge in [0.05, 0.1) is 7.11 Å². The van der Waals surface area contributed by atoms with Crippen molar-refractivity contribution in [1.82, 2.24) is 25.0 Å². The summed E-state index contributed by atoms with van der Waals surface area (Å²) in [7, 11) is 3.74. The highest BCUT2D eigenvalue weighted by molar-refractivity contribution is 5.79. The number of hydrogen-bond acceptors (Lipinski definition) is 5. The first kappa shape index (κ1) is 22.7. The molecule has 0 bridgehead atoms. The van der Waals surface area contributed by atoms with Gasteiger partial charge in [-0.15, -0.1) is 10.2 Å². The lowest BCUT2D eigenvalue weighted by atomic mass is 10.2. The van der Waals surface area contributed by atoms with Crippen molar-refractivity contribution in [3.8, 4) is 5.75 Å². The minimum Gasteiger partial charge on any atom is -0.496 e. The lowest BCUT2D eigenvalue weighted by Gasteiger charge is -2.23. The highest BCUT2D eigenvalue weighted by atomic mass is 16.5. The molecule has 1 heterocycles. The van der Waals surface area contributed by atoms with Gasteiger partial charge in [0.25, 0.3) is 0 Å². The van der Waals surface area contributed by atoms with Gasteiger partial charge in [-0.05, 0) is 19.4 Å². The molecule has 160 valence electrons. The fourth-order valence-corrected chi connectivity index (χ4v) is 3.00. The Kier molecular flexibility index (Phi) is 9.99. The summed E-state index contributed by atoms with van der Waals surface area (Å²) < 4.78 is 13.0. The zero-order chi connectivity index (χ0) is 20.9. The molecule has 29 heavy (non-hydrogen) atoms. The molecule has 0 radical (unpaired) electrons. The number of benzene rings is 1. The molecule has 2 rings (SSSR count). The molecule has 0 spiro atoms. The number of nitrogens with zero attached hydrogens (tertiary/aromatic N) is 5. The van der Waals surface area contributed by atoms with Crippen LogP contribution >= 0.6 is 0 Å². The van der Waals surface area contributed by atoms with Gasteiger partial charge in [-0.3, -0.25) is 4.99 Å². The molecule has 0 saturated carbocycles. The predicted octanol–water partition coefficient (Wildman–Crippen LogP) is 2.35. The van der Waals surface area contributed by atoms with E-state index in [4.69, 9.17) is 14.5 Å². The SMILES string of the molecule is CCOCCCN=C(NCCn1cnnc1CC)N(C)Cc1ccccc1OC. The summed E-state index contributed by atoms with van der Waals surface area (Å²) in [6.07, 6.45) is 3.54. The number of aryl methyl sites for hydroxylation is 1. The van der Waals surface area contributed by atoms with Gasteiger partial charge in [0.1, 0.15) is 17.9 Å². The molecule has 1 aromatic heterocycles. The molecule has 0 unspecified atom stereocenters. The number of para-hydroxylation sites is 1. The van der Waals surface area contributed by atoms with Crippen LogP contribution in [0.3, 0.4) is 0 Å². The maximum atomic E-state index is 5.49. The van der Waals surface area contributed by atoms with E-state index in [1.165, 1.54) is 0 Å². The second-order valence-electron chi connectivity index (χ2n) is 6.64. The summed E-state index contributed by atoms with van der Waals surface area (Å²) in [5, 5.41) is 11.6. The van der Waals surface area contributed by atoms with Crippen molar-refractivity contribution in [3.63, 3.8) is 0 Å². The molecule has 8 heteroatoms. The molecular weight excluding hydrogens is 368 g/mol. The van der Waals surface area contributed by atoms with Crippen molar-refractivity contribution in [2.45, 2.75) is 39.8 Å². The minimum absolute atomic E-state index is 0.703. The Morgan fingerprint density at radius 2 is 2.10 bits per heavy atom. The largest absolute Gasteiger partial charge is 0.496 e. The van der Waals surface area contributed by atoms with Crippen LogP contribution in [0.2, 0.25) is 0 Å². The molecule has 0 aliphatic carbocycles. The van der Waals surface area contributed by atoms with E-state index in [2.05, 4.69) is 38.0 Å². The molecule has 0 saturated heterocycles. The summed E-state index contributed by atoms with van der Waals surface area (Å²) in [6.45, 7) is 8.50. The van der Waals surface area contributed by atoms with Gasteiger partial charge in [-0.1, -0.05) is 25.1 Å². The van der Waals surface area contributed by atoms with E-state index in [1.807, 2.05) is 32.2 Å². The van der Waals surface area contributed by atoms with Crippen LogP contribution in [0, 0.1) is 0 Å². The van der Waals surface area contributed by atoms with Crippen molar-refractivity contribution >= 4 is 5.96 Å². The van der Waals surface area contributed by atoms with Gasteiger partial charge in [0, 0.05) is 58.4 Å². The number of aliphatic imine (C=N–C) groups is 1. The van der Waals surface area contributed by atoms with Crippen molar-refractivity contribution in [2.24, 2.45) is 4.99 Å². The maximum Gasteiger partial charge on any atom is 0.194 e. The molecule has 0 aliphatic heterocycles. The van der Waals surface area contributed by atoms with Gasteiger partial charge < -0.3 is 24.3 Å². The fraction of sp³-hybridized carbons (Fsp3) is 0.571. The van der Waals surface area contributed by atoms with E-state index >= 15 is 0 Å². The highest BCUT2D eigenvalue weighted by Gasteiger charge is 2.11. The molecule has 1 N–H and O–H groups in total. The average Bonchev–Trinajstić information content (AvgIpc) is 3.20. The Labute approximate surface area is 173 Å². The van der Waals surface area contributed by atoms with Gasteiger partial charge >= 0.3 is 0 Å². The molecule has 0 atom stereocenters. The minimum atomic E-state index is 0.703. The monoisotopic (exact) mass is 402 g/mol. The average molecular weight is 403 g/mol. The fourth-order valence-electron chi connectivity index (χ4n) is 3.00. The molecule has 0 fully saturated rings. The third kappa shape index (κ3) is 7.38. The van der Waals surface area contributed by atoms with E-state index in [9.17, 15) is 0 Å². The van der Waals surface area contributed by atoms with E-state index in [1.54, 1.807) is 13.4 Å². The smallest absolute Gasteiger partial charge is 0.194 e. The topological polar surface area (TPSA) is 76.8 Å². The highest BCUT2D eigenvalue weighted by Crippen LogP contribution is 2.18. The Balaban J connectivity index is 1.99. The van der Waals surface area contributed by atoms with Crippen LogP contribution in [-0.2, 0) is 24.2 Å². The third-order valence-corrected chi connectivity index (χ3v) is 4.52. The third-order valence-electron chi connectivity index (χ3n) is 4.52. The van der Waals surface area contributed by atoms with Crippen LogP contribution in [-0.4, -0.2) is 66.1 Å². The van der Waals surface area contributed by atoms with Crippen LogP contribution in [0.5, 0.6) is 5.75 Å². The summed E-state index contributed by atoms with van der Waals surface area (Å²) in [4.78, 5) is 6.90. The molecule has 0 amide bonds. The zero-order valence-corrected chi connectivity index (χ0v) is 18.1. The second-order valence-corrected chi connectivity index (χ2v) is 6.64. The molecular formula is C21H34N6O2. The first-order valence-electron chi connectivity index (χ1n) is 10.2. The number of guanidine groups is 1. The zero-order valence-electron chi connectivity index (χ0n) is 18.1. The number of rotatable bonds is 12. The standard InChI is InChI=1S/C21H34N6O2/c1-5-20-25-24-17-27(20)14-13-23-21(22-12-9-15-29-6-2)26(3)16-18-10-7-8-11-19(18)28-4/h7-8,10-11,17H,5-6,9,12-16H2,1-4H3,(H,22,23). The second kappa shape index (κ2) is 12.8. The van der Waals surface area contributed by atoms with Crippen molar-refractivity contribution in [3.05, 3.63) is 42.0 Å². The lowest BCUT2D eigenvalue weighted by molar-refractivity contribution is 0.146. The van der Waals surface area contributed by atoms with Crippen LogP contribution in [0.4, 0.5) is 0 Å². The quantitative estimate of drug-likeness (QED) is 0.334. The predicted molar refractivity (Wildman–Crippen MR) is 115 cm³/mol. The number of aromatic nitrogens is 3. The van der Waals surface area contributed by atoms with Crippen molar-refractivity contribution in [1.29, 1.82) is 0 Å². The van der Waals surface area contributed by atoms with E-state index in [-0.39, 0.29) is 0 Å². The summed E-state index contributed by atoms with van der Waals surface area (Å²) in [5.74, 6) is 2.73. The van der Waals surface area contributed by atoms with Gasteiger partial charge in [0.2, 0.25) is 0 Å². The normalized spacial score (nSPS) is 11.5. The van der Waals surface area contributed by atoms with Crippen molar-refractivity contribution < 1.29 is 9.47 Å². The molecule has 0 aliphatic rings. The molecule has 1 aromatic carbocycles. The first-order valence-corrected chi connectivity index (χ1v) is 10.2. The Morgan fingerprint density at radius 1 is 1.28 bits per heavy atom. The maximum absolute atomic E-state index is 5.49. The van der Waals surface area contributed by atoms with Gasteiger partial charge in [-0.2, -0.15) is 0 Å². The summed E-state index contributed by atoms with van der Waals surface area (Å²) >= 11 is 0. The summed E-state index contributed by atoms with van der Waals surface area (Å²) in [5.41, 5.74) is 1.12.